The van der Waals surface area contributed by atoms with Gasteiger partial charge in [0.05, 0.1) is 22.5 Å². The Bertz CT molecular complexity index is 1080. The largest absolute Gasteiger partial charge is 0.374 e. The minimum atomic E-state index is -0.445. The number of ketones is 1. The average Bonchev–Trinajstić information content (AvgIpc) is 3.02. The Kier molecular flexibility index (Phi) is 4.23. The minimum absolute atomic E-state index is 0.227. The van der Waals surface area contributed by atoms with E-state index >= 15 is 0 Å². The number of carbonyl (C=O) groups excluding carboxylic acids is 3. The van der Waals surface area contributed by atoms with Gasteiger partial charge in [-0.25, -0.2) is 4.90 Å². The fourth-order valence-electron chi connectivity index (χ4n) is 3.87. The van der Waals surface area contributed by atoms with E-state index in [-0.39, 0.29) is 5.78 Å². The lowest BCUT2D eigenvalue weighted by Crippen LogP contribution is -2.32. The van der Waals surface area contributed by atoms with Gasteiger partial charge in [0.1, 0.15) is 0 Å². The first-order valence-electron chi connectivity index (χ1n) is 9.22. The highest BCUT2D eigenvalue weighted by molar-refractivity contribution is 6.35. The first kappa shape index (κ1) is 17.9. The Labute approximate surface area is 163 Å². The SMILES string of the molecule is CCN(C)C1=C2C(=O)N(C(C)=O)C(c3ccccc3)=C2C(=O)c2ccccc21. The molecule has 2 amide bonds. The van der Waals surface area contributed by atoms with Crippen LogP contribution in [0, 0.1) is 0 Å². The van der Waals surface area contributed by atoms with Gasteiger partial charge >= 0.3 is 0 Å². The Morgan fingerprint density at radius 1 is 0.929 bits per heavy atom. The number of imide groups is 1. The quantitative estimate of drug-likeness (QED) is 0.829. The molecule has 1 aliphatic carbocycles. The summed E-state index contributed by atoms with van der Waals surface area (Å²) in [6, 6.07) is 16.4. The van der Waals surface area contributed by atoms with E-state index in [1.54, 1.807) is 6.07 Å². The summed E-state index contributed by atoms with van der Waals surface area (Å²) >= 11 is 0. The molecule has 5 nitrogen and oxygen atoms in total. The summed E-state index contributed by atoms with van der Waals surface area (Å²) in [5, 5.41) is 0. The third-order valence-electron chi connectivity index (χ3n) is 5.24. The molecule has 1 heterocycles. The molecule has 0 spiro atoms. The average molecular weight is 372 g/mol. The van der Waals surface area contributed by atoms with Gasteiger partial charge in [-0.05, 0) is 12.5 Å². The molecule has 4 rings (SSSR count). The van der Waals surface area contributed by atoms with Crippen LogP contribution in [-0.2, 0) is 9.59 Å². The predicted molar refractivity (Wildman–Crippen MR) is 107 cm³/mol. The van der Waals surface area contributed by atoms with Crippen molar-refractivity contribution < 1.29 is 14.4 Å². The summed E-state index contributed by atoms with van der Waals surface area (Å²) in [7, 11) is 1.89. The van der Waals surface area contributed by atoms with Crippen LogP contribution in [0.1, 0.15) is 35.3 Å². The fourth-order valence-corrected chi connectivity index (χ4v) is 3.87. The molecule has 2 aliphatic rings. The molecule has 0 saturated carbocycles. The molecule has 0 unspecified atom stereocenters. The van der Waals surface area contributed by atoms with Gasteiger partial charge in [-0.2, -0.15) is 0 Å². The molecule has 5 heteroatoms. The number of amides is 2. The number of rotatable bonds is 3. The number of hydrogen-bond donors (Lipinski definition) is 0. The van der Waals surface area contributed by atoms with Crippen LogP contribution in [0.5, 0.6) is 0 Å². The number of hydrogen-bond acceptors (Lipinski definition) is 4. The van der Waals surface area contributed by atoms with Crippen molar-refractivity contribution in [3.05, 3.63) is 82.4 Å². The highest BCUT2D eigenvalue weighted by atomic mass is 16.2. The Balaban J connectivity index is 2.14. The van der Waals surface area contributed by atoms with Crippen molar-refractivity contribution in [1.82, 2.24) is 9.80 Å². The topological polar surface area (TPSA) is 57.7 Å². The molecule has 0 saturated heterocycles. The molecule has 28 heavy (non-hydrogen) atoms. The van der Waals surface area contributed by atoms with Crippen LogP contribution in [0.4, 0.5) is 0 Å². The zero-order valence-electron chi connectivity index (χ0n) is 16.0. The van der Waals surface area contributed by atoms with Gasteiger partial charge in [0.2, 0.25) is 5.91 Å². The summed E-state index contributed by atoms with van der Waals surface area (Å²) in [5.41, 5.74) is 3.61. The van der Waals surface area contributed by atoms with Crippen molar-refractivity contribution in [1.29, 1.82) is 0 Å². The van der Waals surface area contributed by atoms with Gasteiger partial charge in [0.25, 0.3) is 5.91 Å². The van der Waals surface area contributed by atoms with E-state index in [0.29, 0.717) is 40.2 Å². The molecular formula is C23H20N2O3. The van der Waals surface area contributed by atoms with Crippen molar-refractivity contribution in [3.8, 4) is 0 Å². The number of nitrogens with zero attached hydrogens (tertiary/aromatic N) is 2. The molecule has 0 fully saturated rings. The van der Waals surface area contributed by atoms with E-state index < -0.39 is 11.8 Å². The third kappa shape index (κ3) is 2.43. The van der Waals surface area contributed by atoms with Gasteiger partial charge in [0.15, 0.2) is 5.78 Å². The Morgan fingerprint density at radius 3 is 2.14 bits per heavy atom. The maximum Gasteiger partial charge on any atom is 0.268 e. The monoisotopic (exact) mass is 372 g/mol. The lowest BCUT2D eigenvalue weighted by atomic mass is 9.83. The summed E-state index contributed by atoms with van der Waals surface area (Å²) in [5.74, 6) is -1.08. The Hall–Kier alpha value is -3.47. The number of Topliss-reactive ketones (excluding diaryl/α,β-unsaturated/α-hetero) is 1. The van der Waals surface area contributed by atoms with Crippen LogP contribution >= 0.6 is 0 Å². The van der Waals surface area contributed by atoms with Crippen molar-refractivity contribution in [2.45, 2.75) is 13.8 Å². The number of carbonyl (C=O) groups is 3. The molecule has 1 aliphatic heterocycles. The van der Waals surface area contributed by atoms with E-state index in [0.717, 1.165) is 10.5 Å². The summed E-state index contributed by atoms with van der Waals surface area (Å²) in [4.78, 5) is 42.3. The van der Waals surface area contributed by atoms with Gasteiger partial charge in [-0.15, -0.1) is 0 Å². The van der Waals surface area contributed by atoms with Crippen molar-refractivity contribution in [2.24, 2.45) is 0 Å². The van der Waals surface area contributed by atoms with Crippen molar-refractivity contribution in [2.75, 3.05) is 13.6 Å². The van der Waals surface area contributed by atoms with E-state index in [1.165, 1.54) is 6.92 Å². The predicted octanol–water partition coefficient (Wildman–Crippen LogP) is 3.35. The number of benzene rings is 2. The minimum Gasteiger partial charge on any atom is -0.374 e. The molecule has 2 aromatic carbocycles. The van der Waals surface area contributed by atoms with E-state index in [2.05, 4.69) is 0 Å². The van der Waals surface area contributed by atoms with Crippen LogP contribution in [0.3, 0.4) is 0 Å². The highest BCUT2D eigenvalue weighted by Crippen LogP contribution is 2.45. The van der Waals surface area contributed by atoms with Crippen LogP contribution < -0.4 is 0 Å². The Morgan fingerprint density at radius 2 is 1.54 bits per heavy atom. The van der Waals surface area contributed by atoms with E-state index in [4.69, 9.17) is 0 Å². The molecule has 0 radical (unpaired) electrons. The number of fused-ring (bicyclic) bond motifs is 2. The third-order valence-corrected chi connectivity index (χ3v) is 5.24. The second-order valence-electron chi connectivity index (χ2n) is 6.86. The molecule has 2 aromatic rings. The second kappa shape index (κ2) is 6.60. The standard InChI is InChI=1S/C23H20N2O3/c1-4-24(3)21-16-12-8-9-13-17(16)22(27)18-19(21)23(28)25(14(2)26)20(18)15-10-6-5-7-11-15/h5-13H,4H2,1-3H3. The highest BCUT2D eigenvalue weighted by Gasteiger charge is 2.46. The maximum atomic E-state index is 13.5. The zero-order valence-corrected chi connectivity index (χ0v) is 16.0. The lowest BCUT2D eigenvalue weighted by molar-refractivity contribution is -0.136. The van der Waals surface area contributed by atoms with Gasteiger partial charge < -0.3 is 4.90 Å². The molecular weight excluding hydrogens is 352 g/mol. The van der Waals surface area contributed by atoms with Gasteiger partial charge in [0, 0.05) is 31.6 Å². The second-order valence-corrected chi connectivity index (χ2v) is 6.86. The van der Waals surface area contributed by atoms with Crippen molar-refractivity contribution in [3.63, 3.8) is 0 Å². The van der Waals surface area contributed by atoms with Crippen LogP contribution in [-0.4, -0.2) is 41.0 Å². The molecule has 0 atom stereocenters. The summed E-state index contributed by atoms with van der Waals surface area (Å²) < 4.78 is 0. The smallest absolute Gasteiger partial charge is 0.268 e. The lowest BCUT2D eigenvalue weighted by Gasteiger charge is -2.28. The van der Waals surface area contributed by atoms with E-state index in [9.17, 15) is 14.4 Å². The zero-order chi connectivity index (χ0) is 20.0. The van der Waals surface area contributed by atoms with Gasteiger partial charge in [-0.1, -0.05) is 54.6 Å². The van der Waals surface area contributed by atoms with Crippen LogP contribution in [0.25, 0.3) is 11.4 Å². The molecule has 0 N–H and O–H groups in total. The van der Waals surface area contributed by atoms with Crippen molar-refractivity contribution >= 4 is 29.0 Å². The maximum absolute atomic E-state index is 13.5. The molecule has 0 bridgehead atoms. The normalized spacial score (nSPS) is 15.8. The summed E-state index contributed by atoms with van der Waals surface area (Å²) in [6.07, 6.45) is 0. The fraction of sp³-hybridized carbons (Fsp3) is 0.174. The van der Waals surface area contributed by atoms with Crippen LogP contribution in [0.15, 0.2) is 65.7 Å². The molecule has 0 aromatic heterocycles. The first-order chi connectivity index (χ1) is 13.5. The van der Waals surface area contributed by atoms with Crippen LogP contribution in [0.2, 0.25) is 0 Å². The first-order valence-corrected chi connectivity index (χ1v) is 9.22. The molecule has 140 valence electrons. The van der Waals surface area contributed by atoms with E-state index in [1.807, 2.05) is 67.4 Å². The van der Waals surface area contributed by atoms with Gasteiger partial charge in [-0.3, -0.25) is 14.4 Å². The summed E-state index contributed by atoms with van der Waals surface area (Å²) in [6.45, 7) is 3.99.